The predicted molar refractivity (Wildman–Crippen MR) is 62.2 cm³/mol. The van der Waals surface area contributed by atoms with Gasteiger partial charge in [-0.25, -0.2) is 9.38 Å². The van der Waals surface area contributed by atoms with Crippen molar-refractivity contribution in [2.45, 2.75) is 6.92 Å². The largest absolute Gasteiger partial charge is 0.496 e. The first-order chi connectivity index (χ1) is 8.10. The third kappa shape index (κ3) is 2.33. The molecule has 0 saturated carbocycles. The Morgan fingerprint density at radius 3 is 2.82 bits per heavy atom. The van der Waals surface area contributed by atoms with E-state index in [0.29, 0.717) is 17.1 Å². The van der Waals surface area contributed by atoms with Crippen molar-refractivity contribution in [1.29, 1.82) is 0 Å². The monoisotopic (exact) mass is 234 g/mol. The number of carbonyl (C=O) groups excluding carboxylic acids is 1. The van der Waals surface area contributed by atoms with E-state index in [1.807, 2.05) is 0 Å². The lowest BCUT2D eigenvalue weighted by molar-refractivity contribution is -0.115. The van der Waals surface area contributed by atoms with Gasteiger partial charge in [-0.1, -0.05) is 0 Å². The van der Waals surface area contributed by atoms with E-state index in [4.69, 9.17) is 4.74 Å². The summed E-state index contributed by atoms with van der Waals surface area (Å²) >= 11 is 0. The highest BCUT2D eigenvalue weighted by molar-refractivity contribution is 6.13. The first-order valence-electron chi connectivity index (χ1n) is 5.02. The fourth-order valence-corrected chi connectivity index (χ4v) is 1.55. The van der Waals surface area contributed by atoms with Crippen molar-refractivity contribution >= 4 is 17.8 Å². The number of hydrogen-bond acceptors (Lipinski definition) is 3. The molecule has 1 amide bonds. The summed E-state index contributed by atoms with van der Waals surface area (Å²) in [6, 6.07) is 4.09. The molecule has 0 saturated heterocycles. The fourth-order valence-electron chi connectivity index (χ4n) is 1.55. The molecule has 2 rings (SSSR count). The van der Waals surface area contributed by atoms with E-state index in [-0.39, 0.29) is 11.6 Å². The van der Waals surface area contributed by atoms with Gasteiger partial charge in [-0.15, -0.1) is 0 Å². The average molecular weight is 234 g/mol. The number of amides is 1. The van der Waals surface area contributed by atoms with E-state index in [1.54, 1.807) is 6.92 Å². The van der Waals surface area contributed by atoms with Gasteiger partial charge in [0.15, 0.2) is 0 Å². The molecular weight excluding hydrogens is 223 g/mol. The molecular formula is C12H11FN2O2. The maximum atomic E-state index is 13.1. The van der Waals surface area contributed by atoms with Crippen LogP contribution in [-0.4, -0.2) is 18.9 Å². The molecule has 0 bridgehead atoms. The first kappa shape index (κ1) is 11.3. The van der Waals surface area contributed by atoms with Crippen molar-refractivity contribution in [2.75, 3.05) is 7.11 Å². The van der Waals surface area contributed by atoms with E-state index in [0.717, 1.165) is 0 Å². The number of methoxy groups -OCH3 is 1. The van der Waals surface area contributed by atoms with Gasteiger partial charge in [0, 0.05) is 5.56 Å². The zero-order valence-corrected chi connectivity index (χ0v) is 9.45. The number of ether oxygens (including phenoxy) is 1. The molecule has 1 N–H and O–H groups in total. The molecule has 1 aromatic rings. The zero-order valence-electron chi connectivity index (χ0n) is 9.45. The number of rotatable bonds is 2. The zero-order chi connectivity index (χ0) is 12.4. The van der Waals surface area contributed by atoms with Crippen molar-refractivity contribution in [3.8, 4) is 5.75 Å². The molecule has 1 aliphatic rings. The first-order valence-corrected chi connectivity index (χ1v) is 5.02. The van der Waals surface area contributed by atoms with Gasteiger partial charge < -0.3 is 10.1 Å². The number of aliphatic imine (C=N–C) groups is 1. The average Bonchev–Trinajstić information content (AvgIpc) is 2.58. The molecule has 5 heteroatoms. The second-order valence-corrected chi connectivity index (χ2v) is 3.57. The molecule has 17 heavy (non-hydrogen) atoms. The van der Waals surface area contributed by atoms with Gasteiger partial charge in [-0.2, -0.15) is 0 Å². The Morgan fingerprint density at radius 2 is 2.24 bits per heavy atom. The lowest BCUT2D eigenvalue weighted by Crippen LogP contribution is -2.21. The van der Waals surface area contributed by atoms with E-state index in [2.05, 4.69) is 10.3 Å². The Hall–Kier alpha value is -2.17. The lowest BCUT2D eigenvalue weighted by Gasteiger charge is -2.04. The Morgan fingerprint density at radius 1 is 1.47 bits per heavy atom. The van der Waals surface area contributed by atoms with Crippen molar-refractivity contribution in [3.63, 3.8) is 0 Å². The second-order valence-electron chi connectivity index (χ2n) is 3.57. The highest BCUT2D eigenvalue weighted by atomic mass is 19.1. The quantitative estimate of drug-likeness (QED) is 0.792. The number of nitrogens with zero attached hydrogens (tertiary/aromatic N) is 1. The molecule has 0 aliphatic carbocycles. The van der Waals surface area contributed by atoms with Gasteiger partial charge in [0.1, 0.15) is 23.1 Å². The van der Waals surface area contributed by atoms with Gasteiger partial charge in [-0.05, 0) is 31.2 Å². The summed E-state index contributed by atoms with van der Waals surface area (Å²) in [5, 5.41) is 2.55. The molecule has 0 spiro atoms. The van der Waals surface area contributed by atoms with Crippen LogP contribution in [0.1, 0.15) is 12.5 Å². The maximum absolute atomic E-state index is 13.1. The van der Waals surface area contributed by atoms with Crippen LogP contribution < -0.4 is 10.1 Å². The number of nitrogens with one attached hydrogen (secondary N) is 1. The molecule has 0 atom stereocenters. The minimum absolute atomic E-state index is 0.242. The third-order valence-electron chi connectivity index (χ3n) is 2.30. The van der Waals surface area contributed by atoms with Crippen molar-refractivity contribution in [3.05, 3.63) is 35.3 Å². The number of hydrogen-bond donors (Lipinski definition) is 1. The van der Waals surface area contributed by atoms with Crippen LogP contribution in [0, 0.1) is 5.82 Å². The van der Waals surface area contributed by atoms with E-state index < -0.39 is 5.82 Å². The summed E-state index contributed by atoms with van der Waals surface area (Å²) in [5.41, 5.74) is 0.725. The summed E-state index contributed by atoms with van der Waals surface area (Å²) in [6.07, 6.45) is 1.49. The van der Waals surface area contributed by atoms with Crippen LogP contribution in [0.2, 0.25) is 0 Å². The summed E-state index contributed by atoms with van der Waals surface area (Å²) in [7, 11) is 1.48. The number of benzene rings is 1. The molecule has 88 valence electrons. The van der Waals surface area contributed by atoms with E-state index in [1.165, 1.54) is 31.4 Å². The van der Waals surface area contributed by atoms with Crippen molar-refractivity contribution in [2.24, 2.45) is 4.99 Å². The molecule has 0 aromatic heterocycles. The Bertz CT molecular complexity index is 535. The van der Waals surface area contributed by atoms with Gasteiger partial charge in [0.2, 0.25) is 0 Å². The highest BCUT2D eigenvalue weighted by Gasteiger charge is 2.17. The van der Waals surface area contributed by atoms with Gasteiger partial charge in [0.05, 0.1) is 7.11 Å². The second kappa shape index (κ2) is 4.37. The van der Waals surface area contributed by atoms with Gasteiger partial charge >= 0.3 is 0 Å². The normalized spacial score (nSPS) is 17.0. The van der Waals surface area contributed by atoms with Crippen LogP contribution in [-0.2, 0) is 4.79 Å². The smallest absolute Gasteiger partial charge is 0.275 e. The maximum Gasteiger partial charge on any atom is 0.275 e. The Labute approximate surface area is 97.8 Å². The third-order valence-corrected chi connectivity index (χ3v) is 2.30. The predicted octanol–water partition coefficient (Wildman–Crippen LogP) is 1.72. The van der Waals surface area contributed by atoms with Crippen LogP contribution in [0.15, 0.2) is 28.9 Å². The molecule has 0 radical (unpaired) electrons. The van der Waals surface area contributed by atoms with Gasteiger partial charge in [-0.3, -0.25) is 4.79 Å². The van der Waals surface area contributed by atoms with E-state index >= 15 is 0 Å². The van der Waals surface area contributed by atoms with Crippen LogP contribution in [0.25, 0.3) is 6.08 Å². The minimum Gasteiger partial charge on any atom is -0.496 e. The van der Waals surface area contributed by atoms with E-state index in [9.17, 15) is 9.18 Å². The number of carbonyl (C=O) groups is 1. The minimum atomic E-state index is -0.392. The topological polar surface area (TPSA) is 50.7 Å². The molecule has 4 nitrogen and oxygen atoms in total. The van der Waals surface area contributed by atoms with Crippen molar-refractivity contribution in [1.82, 2.24) is 5.32 Å². The molecule has 1 heterocycles. The SMILES string of the molecule is COc1ccc(F)cc1/C=C1/N=C(C)NC1=O. The molecule has 0 unspecified atom stereocenters. The van der Waals surface area contributed by atoms with Crippen molar-refractivity contribution < 1.29 is 13.9 Å². The highest BCUT2D eigenvalue weighted by Crippen LogP contribution is 2.23. The van der Waals surface area contributed by atoms with Crippen LogP contribution in [0.5, 0.6) is 5.75 Å². The summed E-state index contributed by atoms with van der Waals surface area (Å²) in [4.78, 5) is 15.5. The Kier molecular flexibility index (Phi) is 2.91. The lowest BCUT2D eigenvalue weighted by atomic mass is 10.1. The Balaban J connectivity index is 2.44. The number of amidine groups is 1. The van der Waals surface area contributed by atoms with Gasteiger partial charge in [0.25, 0.3) is 5.91 Å². The molecule has 0 fully saturated rings. The molecule has 1 aromatic carbocycles. The summed E-state index contributed by atoms with van der Waals surface area (Å²) in [6.45, 7) is 1.68. The van der Waals surface area contributed by atoms with Crippen LogP contribution >= 0.6 is 0 Å². The standard InChI is InChI=1S/C12H11FN2O2/c1-7-14-10(12(16)15-7)6-8-5-9(13)3-4-11(8)17-2/h3-6H,1-2H3,(H,14,15,16)/b10-6+. The molecule has 1 aliphatic heterocycles. The summed E-state index contributed by atoms with van der Waals surface area (Å²) in [5.74, 6) is 0.327. The number of halogens is 1. The fraction of sp³-hybridized carbons (Fsp3) is 0.167. The van der Waals surface area contributed by atoms with Crippen LogP contribution in [0.3, 0.4) is 0 Å². The van der Waals surface area contributed by atoms with Crippen LogP contribution in [0.4, 0.5) is 4.39 Å². The summed E-state index contributed by atoms with van der Waals surface area (Å²) < 4.78 is 18.2.